The predicted molar refractivity (Wildman–Crippen MR) is 74.7 cm³/mol. The van der Waals surface area contributed by atoms with Crippen LogP contribution in [0.5, 0.6) is 0 Å². The van der Waals surface area contributed by atoms with Crippen molar-refractivity contribution in [1.82, 2.24) is 10.3 Å². The van der Waals surface area contributed by atoms with Crippen LogP contribution in [0.1, 0.15) is 31.6 Å². The van der Waals surface area contributed by atoms with Crippen LogP contribution in [-0.4, -0.2) is 28.8 Å². The lowest BCUT2D eigenvalue weighted by atomic mass is 10.3. The molecule has 1 unspecified atom stereocenters. The van der Waals surface area contributed by atoms with Gasteiger partial charge >= 0.3 is 6.03 Å². The lowest BCUT2D eigenvalue weighted by Crippen LogP contribution is -2.38. The second-order valence-electron chi connectivity index (χ2n) is 5.19. The van der Waals surface area contributed by atoms with Crippen molar-refractivity contribution in [3.63, 3.8) is 0 Å². The van der Waals surface area contributed by atoms with E-state index in [2.05, 4.69) is 15.6 Å². The highest BCUT2D eigenvalue weighted by atomic mass is 16.3. The molecular weight excluding hydrogens is 258 g/mol. The first-order chi connectivity index (χ1) is 9.65. The molecule has 1 aromatic carbocycles. The van der Waals surface area contributed by atoms with E-state index in [1.807, 2.05) is 0 Å². The average molecular weight is 275 g/mol. The highest BCUT2D eigenvalue weighted by Gasteiger charge is 2.28. The second kappa shape index (κ2) is 5.13. The zero-order valence-corrected chi connectivity index (χ0v) is 11.2. The molecule has 2 aromatic rings. The van der Waals surface area contributed by atoms with Gasteiger partial charge in [-0.3, -0.25) is 0 Å². The minimum atomic E-state index is -0.350. The third-order valence-electron chi connectivity index (χ3n) is 3.24. The van der Waals surface area contributed by atoms with Gasteiger partial charge < -0.3 is 20.2 Å². The molecule has 6 nitrogen and oxygen atoms in total. The van der Waals surface area contributed by atoms with Crippen LogP contribution in [0.15, 0.2) is 22.6 Å². The first kappa shape index (κ1) is 12.9. The zero-order chi connectivity index (χ0) is 14.1. The van der Waals surface area contributed by atoms with Gasteiger partial charge in [-0.1, -0.05) is 0 Å². The first-order valence-electron chi connectivity index (χ1n) is 6.74. The molecule has 20 heavy (non-hydrogen) atoms. The molecule has 1 aliphatic rings. The van der Waals surface area contributed by atoms with Gasteiger partial charge in [0.1, 0.15) is 5.52 Å². The number of fused-ring (bicyclic) bond motifs is 1. The molecular formula is C14H17N3O3. The number of carbonyl (C=O) groups is 1. The fraction of sp³-hybridized carbons (Fsp3) is 0.429. The summed E-state index contributed by atoms with van der Waals surface area (Å²) in [4.78, 5) is 16.1. The Morgan fingerprint density at radius 1 is 1.55 bits per heavy atom. The molecule has 2 amide bonds. The van der Waals surface area contributed by atoms with Crippen molar-refractivity contribution in [2.75, 3.05) is 11.9 Å². The number of anilines is 1. The number of hydrogen-bond donors (Lipinski definition) is 3. The van der Waals surface area contributed by atoms with E-state index in [4.69, 9.17) is 9.52 Å². The number of amides is 2. The van der Waals surface area contributed by atoms with Crippen LogP contribution >= 0.6 is 0 Å². The van der Waals surface area contributed by atoms with Gasteiger partial charge in [0, 0.05) is 11.6 Å². The van der Waals surface area contributed by atoms with E-state index < -0.39 is 0 Å². The van der Waals surface area contributed by atoms with E-state index in [1.54, 1.807) is 25.1 Å². The Morgan fingerprint density at radius 2 is 2.35 bits per heavy atom. The van der Waals surface area contributed by atoms with E-state index >= 15 is 0 Å². The number of aromatic nitrogens is 1. The number of aliphatic hydroxyl groups is 1. The molecule has 1 aromatic heterocycles. The summed E-state index contributed by atoms with van der Waals surface area (Å²) >= 11 is 0. The third-order valence-corrected chi connectivity index (χ3v) is 3.24. The predicted octanol–water partition coefficient (Wildman–Crippen LogP) is 2.21. The smallest absolute Gasteiger partial charge is 0.319 e. The Hall–Kier alpha value is -2.08. The van der Waals surface area contributed by atoms with Gasteiger partial charge in [-0.15, -0.1) is 0 Å². The van der Waals surface area contributed by atoms with Crippen LogP contribution in [0.4, 0.5) is 10.5 Å². The summed E-state index contributed by atoms with van der Waals surface area (Å²) in [6.07, 6.45) is 2.28. The SMILES string of the molecule is CC(CO)NC(=O)Nc1ccc2oc(C3CC3)nc2c1. The fourth-order valence-electron chi connectivity index (χ4n) is 1.96. The van der Waals surface area contributed by atoms with Crippen molar-refractivity contribution in [1.29, 1.82) is 0 Å². The summed E-state index contributed by atoms with van der Waals surface area (Å²) in [5.41, 5.74) is 2.14. The van der Waals surface area contributed by atoms with Crippen LogP contribution in [0, 0.1) is 0 Å². The van der Waals surface area contributed by atoms with Crippen LogP contribution in [0.25, 0.3) is 11.1 Å². The molecule has 1 atom stereocenters. The Balaban J connectivity index is 1.73. The molecule has 1 heterocycles. The summed E-state index contributed by atoms with van der Waals surface area (Å²) < 4.78 is 5.66. The molecule has 0 radical (unpaired) electrons. The number of aliphatic hydroxyl groups excluding tert-OH is 1. The van der Waals surface area contributed by atoms with Gasteiger partial charge in [-0.05, 0) is 38.0 Å². The number of rotatable bonds is 4. The summed E-state index contributed by atoms with van der Waals surface area (Å²) in [5.74, 6) is 1.25. The number of oxazole rings is 1. The van der Waals surface area contributed by atoms with Crippen LogP contribution in [0.3, 0.4) is 0 Å². The molecule has 0 saturated heterocycles. The molecule has 1 saturated carbocycles. The lowest BCUT2D eigenvalue weighted by Gasteiger charge is -2.11. The molecule has 0 spiro atoms. The molecule has 1 fully saturated rings. The monoisotopic (exact) mass is 275 g/mol. The largest absolute Gasteiger partial charge is 0.440 e. The Morgan fingerprint density at radius 3 is 3.05 bits per heavy atom. The Bertz CT molecular complexity index is 634. The van der Waals surface area contributed by atoms with E-state index in [1.165, 1.54) is 0 Å². The normalized spacial score (nSPS) is 16.1. The van der Waals surface area contributed by atoms with Gasteiger partial charge in [0.15, 0.2) is 11.5 Å². The summed E-state index contributed by atoms with van der Waals surface area (Å²) in [6, 6.07) is 4.73. The molecule has 6 heteroatoms. The van der Waals surface area contributed by atoms with Crippen molar-refractivity contribution >= 4 is 22.8 Å². The highest BCUT2D eigenvalue weighted by Crippen LogP contribution is 2.40. The quantitative estimate of drug-likeness (QED) is 0.798. The number of carbonyl (C=O) groups excluding carboxylic acids is 1. The third kappa shape index (κ3) is 2.75. The van der Waals surface area contributed by atoms with Gasteiger partial charge in [-0.25, -0.2) is 9.78 Å². The van der Waals surface area contributed by atoms with Gasteiger partial charge in [-0.2, -0.15) is 0 Å². The van der Waals surface area contributed by atoms with Crippen molar-refractivity contribution in [3.8, 4) is 0 Å². The molecule has 0 aliphatic heterocycles. The Labute approximate surface area is 116 Å². The zero-order valence-electron chi connectivity index (χ0n) is 11.2. The number of nitrogens with zero attached hydrogens (tertiary/aromatic N) is 1. The maximum absolute atomic E-state index is 11.7. The van der Waals surface area contributed by atoms with Crippen LogP contribution in [0.2, 0.25) is 0 Å². The number of benzene rings is 1. The van der Waals surface area contributed by atoms with Crippen LogP contribution < -0.4 is 10.6 Å². The fourth-order valence-corrected chi connectivity index (χ4v) is 1.96. The highest BCUT2D eigenvalue weighted by molar-refractivity contribution is 5.91. The molecule has 3 rings (SSSR count). The van der Waals surface area contributed by atoms with Crippen molar-refractivity contribution < 1.29 is 14.3 Å². The minimum Gasteiger partial charge on any atom is -0.440 e. The molecule has 106 valence electrons. The van der Waals surface area contributed by atoms with Crippen molar-refractivity contribution in [2.24, 2.45) is 0 Å². The number of hydrogen-bond acceptors (Lipinski definition) is 4. The van der Waals surface area contributed by atoms with Crippen molar-refractivity contribution in [2.45, 2.75) is 31.7 Å². The Kier molecular flexibility index (Phi) is 3.31. The van der Waals surface area contributed by atoms with Gasteiger partial charge in [0.2, 0.25) is 0 Å². The van der Waals surface area contributed by atoms with Crippen molar-refractivity contribution in [3.05, 3.63) is 24.1 Å². The topological polar surface area (TPSA) is 87.4 Å². The molecule has 0 bridgehead atoms. The summed E-state index contributed by atoms with van der Waals surface area (Å²) in [6.45, 7) is 1.63. The summed E-state index contributed by atoms with van der Waals surface area (Å²) in [5, 5.41) is 14.2. The minimum absolute atomic E-state index is 0.0967. The standard InChI is InChI=1S/C14H17N3O3/c1-8(7-18)15-14(19)16-10-4-5-12-11(6-10)17-13(20-12)9-2-3-9/h4-6,8-9,18H,2-3,7H2,1H3,(H2,15,16,19). The van der Waals surface area contributed by atoms with Gasteiger partial charge in [0.05, 0.1) is 12.6 Å². The first-order valence-corrected chi connectivity index (χ1v) is 6.74. The van der Waals surface area contributed by atoms with E-state index in [9.17, 15) is 4.79 Å². The second-order valence-corrected chi connectivity index (χ2v) is 5.19. The van der Waals surface area contributed by atoms with E-state index in [-0.39, 0.29) is 18.7 Å². The summed E-state index contributed by atoms with van der Waals surface area (Å²) in [7, 11) is 0. The number of urea groups is 1. The van der Waals surface area contributed by atoms with E-state index in [0.29, 0.717) is 11.6 Å². The maximum Gasteiger partial charge on any atom is 0.319 e. The van der Waals surface area contributed by atoms with Gasteiger partial charge in [0.25, 0.3) is 0 Å². The average Bonchev–Trinajstić information content (AvgIpc) is 3.18. The van der Waals surface area contributed by atoms with Crippen LogP contribution in [-0.2, 0) is 0 Å². The number of nitrogens with one attached hydrogen (secondary N) is 2. The maximum atomic E-state index is 11.7. The lowest BCUT2D eigenvalue weighted by molar-refractivity contribution is 0.229. The van der Waals surface area contributed by atoms with E-state index in [0.717, 1.165) is 29.8 Å². The molecule has 3 N–H and O–H groups in total. The molecule has 1 aliphatic carbocycles.